The van der Waals surface area contributed by atoms with Crippen LogP contribution in [-0.4, -0.2) is 58.8 Å². The van der Waals surface area contributed by atoms with Gasteiger partial charge in [-0.2, -0.15) is 0 Å². The van der Waals surface area contributed by atoms with Gasteiger partial charge in [-0.3, -0.25) is 9.59 Å². The van der Waals surface area contributed by atoms with Crippen LogP contribution in [0.25, 0.3) is 11.3 Å². The Bertz CT molecular complexity index is 1210. The van der Waals surface area contributed by atoms with Gasteiger partial charge in [0.15, 0.2) is 11.6 Å². The van der Waals surface area contributed by atoms with Crippen LogP contribution in [0.3, 0.4) is 0 Å². The van der Waals surface area contributed by atoms with Crippen LogP contribution >= 0.6 is 11.6 Å². The molecule has 2 aromatic carbocycles. The molecule has 1 amide bonds. The molecular formula is C28H34ClN3O5. The maximum absolute atomic E-state index is 12.9. The van der Waals surface area contributed by atoms with Crippen molar-refractivity contribution in [1.29, 1.82) is 0 Å². The quantitative estimate of drug-likeness (QED) is 0.316. The van der Waals surface area contributed by atoms with E-state index >= 15 is 0 Å². The summed E-state index contributed by atoms with van der Waals surface area (Å²) < 4.78 is 12.6. The third-order valence-electron chi connectivity index (χ3n) is 5.73. The molecule has 3 rings (SSSR count). The van der Waals surface area contributed by atoms with Crippen molar-refractivity contribution in [3.8, 4) is 17.0 Å². The highest BCUT2D eigenvalue weighted by atomic mass is 35.5. The summed E-state index contributed by atoms with van der Waals surface area (Å²) in [7, 11) is 1.62. The van der Waals surface area contributed by atoms with Crippen LogP contribution in [0.5, 0.6) is 5.75 Å². The largest absolute Gasteiger partial charge is 0.489 e. The van der Waals surface area contributed by atoms with Gasteiger partial charge < -0.3 is 24.5 Å². The van der Waals surface area contributed by atoms with Crippen molar-refractivity contribution in [2.24, 2.45) is 0 Å². The molecule has 2 N–H and O–H groups in total. The number of carbonyl (C=O) groups excluding carboxylic acids is 2. The van der Waals surface area contributed by atoms with E-state index in [4.69, 9.17) is 21.1 Å². The van der Waals surface area contributed by atoms with Crippen LogP contribution in [0.2, 0.25) is 5.02 Å². The Morgan fingerprint density at radius 1 is 1.16 bits per heavy atom. The summed E-state index contributed by atoms with van der Waals surface area (Å²) in [6, 6.07) is 12.5. The normalized spacial score (nSPS) is 12.0. The number of hydrogen-bond acceptors (Lipinski definition) is 6. The fraction of sp³-hybridized carbons (Fsp3) is 0.393. The lowest BCUT2D eigenvalue weighted by molar-refractivity contribution is 0.0929. The van der Waals surface area contributed by atoms with Gasteiger partial charge in [0.1, 0.15) is 5.75 Å². The number of amides is 1. The number of Topliss-reactive ketones (excluding diaryl/α,β-unsaturated/α-hetero) is 1. The molecule has 0 bridgehead atoms. The van der Waals surface area contributed by atoms with E-state index in [1.54, 1.807) is 29.9 Å². The monoisotopic (exact) mass is 527 g/mol. The molecule has 1 unspecified atom stereocenters. The molecule has 0 saturated carbocycles. The molecule has 198 valence electrons. The summed E-state index contributed by atoms with van der Waals surface area (Å²) in [5.74, 6) is 0.543. The van der Waals surface area contributed by atoms with E-state index in [2.05, 4.69) is 10.3 Å². The molecule has 8 nitrogen and oxygen atoms in total. The van der Waals surface area contributed by atoms with Crippen LogP contribution in [0.1, 0.15) is 53.7 Å². The molecular weight excluding hydrogens is 494 g/mol. The molecule has 1 aromatic heterocycles. The van der Waals surface area contributed by atoms with Gasteiger partial charge in [0.2, 0.25) is 0 Å². The standard InChI is InChI=1S/C28H34ClN3O5/c1-18(2)37-26-10-9-22(16-24(26)29)28(35)30-23(11-13-33)15-20-5-7-21(8-6-20)25-17-32(12-14-36-4)27(31-25)19(3)34/h5-10,16-18,23,33H,11-15H2,1-4H3,(H,30,35). The van der Waals surface area contributed by atoms with Crippen molar-refractivity contribution in [2.75, 3.05) is 20.3 Å². The molecule has 0 radical (unpaired) electrons. The lowest BCUT2D eigenvalue weighted by atomic mass is 10.0. The number of aromatic nitrogens is 2. The Morgan fingerprint density at radius 2 is 1.89 bits per heavy atom. The van der Waals surface area contributed by atoms with Crippen molar-refractivity contribution in [3.05, 3.63) is 70.6 Å². The highest BCUT2D eigenvalue weighted by Gasteiger charge is 2.17. The molecule has 0 aliphatic heterocycles. The number of rotatable bonds is 13. The first-order chi connectivity index (χ1) is 17.7. The fourth-order valence-corrected chi connectivity index (χ4v) is 4.16. The van der Waals surface area contributed by atoms with Gasteiger partial charge in [-0.05, 0) is 50.5 Å². The first-order valence-electron chi connectivity index (χ1n) is 12.3. The molecule has 1 heterocycles. The Hall–Kier alpha value is -3.20. The first-order valence-corrected chi connectivity index (χ1v) is 12.6. The number of hydrogen-bond donors (Lipinski definition) is 2. The topological polar surface area (TPSA) is 103 Å². The summed E-state index contributed by atoms with van der Waals surface area (Å²) in [6.45, 7) is 6.27. The molecule has 0 spiro atoms. The number of halogens is 1. The molecule has 9 heteroatoms. The van der Waals surface area contributed by atoms with E-state index in [9.17, 15) is 14.7 Å². The van der Waals surface area contributed by atoms with Crippen LogP contribution in [-0.2, 0) is 17.7 Å². The minimum absolute atomic E-state index is 0.0277. The minimum atomic E-state index is -0.272. The van der Waals surface area contributed by atoms with Crippen molar-refractivity contribution in [1.82, 2.24) is 14.9 Å². The SMILES string of the molecule is COCCn1cc(-c2ccc(CC(CCO)NC(=O)c3ccc(OC(C)C)c(Cl)c3)cc2)nc1C(C)=O. The Kier molecular flexibility index (Phi) is 10.3. The Morgan fingerprint density at radius 3 is 2.49 bits per heavy atom. The summed E-state index contributed by atoms with van der Waals surface area (Å²) in [4.78, 5) is 29.4. The highest BCUT2D eigenvalue weighted by molar-refractivity contribution is 6.32. The lowest BCUT2D eigenvalue weighted by Gasteiger charge is -2.19. The maximum Gasteiger partial charge on any atom is 0.251 e. The van der Waals surface area contributed by atoms with Gasteiger partial charge >= 0.3 is 0 Å². The van der Waals surface area contributed by atoms with Crippen LogP contribution in [0.15, 0.2) is 48.7 Å². The number of carbonyl (C=O) groups is 2. The van der Waals surface area contributed by atoms with Gasteiger partial charge in [-0.1, -0.05) is 35.9 Å². The van der Waals surface area contributed by atoms with Crippen molar-refractivity contribution >= 4 is 23.3 Å². The number of aliphatic hydroxyl groups excluding tert-OH is 1. The third-order valence-corrected chi connectivity index (χ3v) is 6.02. The lowest BCUT2D eigenvalue weighted by Crippen LogP contribution is -2.37. The zero-order valence-corrected chi connectivity index (χ0v) is 22.4. The van der Waals surface area contributed by atoms with Gasteiger partial charge in [-0.15, -0.1) is 0 Å². The summed E-state index contributed by atoms with van der Waals surface area (Å²) in [5, 5.41) is 12.9. The molecule has 0 saturated heterocycles. The average molecular weight is 528 g/mol. The second-order valence-electron chi connectivity index (χ2n) is 9.09. The summed E-state index contributed by atoms with van der Waals surface area (Å²) in [5.41, 5.74) is 3.00. The zero-order chi connectivity index (χ0) is 26.9. The third kappa shape index (κ3) is 7.89. The van der Waals surface area contributed by atoms with Gasteiger partial charge in [0.05, 0.1) is 23.4 Å². The number of aliphatic hydroxyl groups is 1. The number of ether oxygens (including phenoxy) is 2. The summed E-state index contributed by atoms with van der Waals surface area (Å²) in [6.07, 6.45) is 2.76. The van der Waals surface area contributed by atoms with Crippen molar-refractivity contribution in [2.45, 2.75) is 52.3 Å². The number of imidazole rings is 1. The number of benzene rings is 2. The van der Waals surface area contributed by atoms with E-state index in [1.807, 2.05) is 44.3 Å². The number of nitrogens with one attached hydrogen (secondary N) is 1. The summed E-state index contributed by atoms with van der Waals surface area (Å²) >= 11 is 6.29. The van der Waals surface area contributed by atoms with Crippen LogP contribution < -0.4 is 10.1 Å². The van der Waals surface area contributed by atoms with Crippen LogP contribution in [0, 0.1) is 0 Å². The van der Waals surface area contributed by atoms with Crippen molar-refractivity contribution in [3.63, 3.8) is 0 Å². The maximum atomic E-state index is 12.9. The predicted molar refractivity (Wildman–Crippen MR) is 143 cm³/mol. The average Bonchev–Trinajstić information content (AvgIpc) is 3.29. The van der Waals surface area contributed by atoms with Crippen molar-refractivity contribution < 1.29 is 24.2 Å². The highest BCUT2D eigenvalue weighted by Crippen LogP contribution is 2.27. The molecule has 3 aromatic rings. The van der Waals surface area contributed by atoms with E-state index in [0.29, 0.717) is 53.8 Å². The van der Waals surface area contributed by atoms with Gasteiger partial charge in [0.25, 0.3) is 5.91 Å². The second-order valence-corrected chi connectivity index (χ2v) is 9.49. The first kappa shape index (κ1) is 28.4. The van der Waals surface area contributed by atoms with E-state index in [-0.39, 0.29) is 30.4 Å². The zero-order valence-electron chi connectivity index (χ0n) is 21.7. The smallest absolute Gasteiger partial charge is 0.251 e. The molecule has 1 atom stereocenters. The molecule has 0 aliphatic carbocycles. The minimum Gasteiger partial charge on any atom is -0.489 e. The number of methoxy groups -OCH3 is 1. The van der Waals surface area contributed by atoms with Gasteiger partial charge in [0, 0.05) is 50.6 Å². The number of nitrogens with zero attached hydrogens (tertiary/aromatic N) is 2. The Labute approximate surface area is 222 Å². The second kappa shape index (κ2) is 13.4. The Balaban J connectivity index is 1.70. The van der Waals surface area contributed by atoms with E-state index in [1.165, 1.54) is 6.92 Å². The van der Waals surface area contributed by atoms with E-state index < -0.39 is 0 Å². The van der Waals surface area contributed by atoms with E-state index in [0.717, 1.165) is 11.1 Å². The van der Waals surface area contributed by atoms with Crippen LogP contribution in [0.4, 0.5) is 0 Å². The fourth-order valence-electron chi connectivity index (χ4n) is 3.93. The predicted octanol–water partition coefficient (Wildman–Crippen LogP) is 4.56. The molecule has 37 heavy (non-hydrogen) atoms. The number of ketones is 1. The molecule has 0 fully saturated rings. The molecule has 0 aliphatic rings. The van der Waals surface area contributed by atoms with Gasteiger partial charge in [-0.25, -0.2) is 4.98 Å².